The van der Waals surface area contributed by atoms with Crippen LogP contribution in [0.15, 0.2) is 58.8 Å². The fourth-order valence-corrected chi connectivity index (χ4v) is 4.25. The molecule has 0 amide bonds. The molecule has 2 aromatic carbocycles. The van der Waals surface area contributed by atoms with Gasteiger partial charge in [0, 0.05) is 35.1 Å². The zero-order chi connectivity index (χ0) is 22.3. The monoisotopic (exact) mass is 436 g/mol. The lowest BCUT2D eigenvalue weighted by Gasteiger charge is -2.20. The number of hydrogen-bond donors (Lipinski definition) is 0. The van der Waals surface area contributed by atoms with Gasteiger partial charge in [-0.05, 0) is 55.1 Å². The number of nitrogens with zero attached hydrogens (tertiary/aromatic N) is 2. The Bertz CT molecular complexity index is 1410. The van der Waals surface area contributed by atoms with Gasteiger partial charge in [-0.15, -0.1) is 11.3 Å². The van der Waals surface area contributed by atoms with Gasteiger partial charge < -0.3 is 9.30 Å². The highest BCUT2D eigenvalue weighted by atomic mass is 32.1. The summed E-state index contributed by atoms with van der Waals surface area (Å²) >= 11 is 1.41. The van der Waals surface area contributed by atoms with Crippen molar-refractivity contribution in [1.29, 1.82) is 5.26 Å². The highest BCUT2D eigenvalue weighted by Crippen LogP contribution is 2.41. The van der Waals surface area contributed by atoms with E-state index in [1.54, 1.807) is 45.3 Å². The van der Waals surface area contributed by atoms with Crippen molar-refractivity contribution in [2.75, 3.05) is 0 Å². The van der Waals surface area contributed by atoms with Gasteiger partial charge in [-0.1, -0.05) is 6.07 Å². The van der Waals surface area contributed by atoms with Gasteiger partial charge in [0.05, 0.1) is 16.9 Å². The summed E-state index contributed by atoms with van der Waals surface area (Å²) in [7, 11) is 1.66. The molecule has 0 aliphatic rings. The fraction of sp³-hybridized carbons (Fsp3) is 0.167. The molecule has 0 radical (unpaired) electrons. The number of fused-ring (bicyclic) bond motifs is 1. The molecule has 4 rings (SSSR count). The molecule has 0 unspecified atom stereocenters. The maximum Gasteiger partial charge on any atom is 0.259 e. The smallest absolute Gasteiger partial charge is 0.259 e. The Labute approximate surface area is 181 Å². The molecule has 0 atom stereocenters. The fourth-order valence-electron chi connectivity index (χ4n) is 3.34. The van der Waals surface area contributed by atoms with Crippen LogP contribution in [0.25, 0.3) is 21.2 Å². The number of hydrogen-bond acceptors (Lipinski definition) is 4. The molecule has 2 aromatic heterocycles. The number of aromatic nitrogens is 1. The lowest BCUT2D eigenvalue weighted by Crippen LogP contribution is -2.16. The summed E-state index contributed by atoms with van der Waals surface area (Å²) < 4.78 is 35.7. The largest absolute Gasteiger partial charge is 0.454 e. The van der Waals surface area contributed by atoms with Crippen LogP contribution in [0.5, 0.6) is 11.5 Å². The van der Waals surface area contributed by atoms with Gasteiger partial charge >= 0.3 is 0 Å². The Morgan fingerprint density at radius 1 is 1.06 bits per heavy atom. The molecule has 0 aliphatic carbocycles. The molecule has 4 nitrogen and oxygen atoms in total. The molecule has 156 valence electrons. The first-order valence-corrected chi connectivity index (χ1v) is 10.3. The van der Waals surface area contributed by atoms with Crippen molar-refractivity contribution in [3.8, 4) is 28.7 Å². The van der Waals surface area contributed by atoms with E-state index in [2.05, 4.69) is 6.07 Å². The SMILES string of the molecule is Cn1cc(-c2cc(C(C)(C)C#N)ccc2Oc2ccc(F)cc2F)c2sccc2c1=O. The number of thiophene rings is 1. The van der Waals surface area contributed by atoms with Crippen LogP contribution >= 0.6 is 11.3 Å². The highest BCUT2D eigenvalue weighted by Gasteiger charge is 2.23. The first-order chi connectivity index (χ1) is 14.7. The molecule has 0 saturated heterocycles. The number of rotatable bonds is 4. The first kappa shape index (κ1) is 20.8. The lowest BCUT2D eigenvalue weighted by atomic mass is 9.84. The topological polar surface area (TPSA) is 55.0 Å². The van der Waals surface area contributed by atoms with E-state index in [1.165, 1.54) is 22.0 Å². The summed E-state index contributed by atoms with van der Waals surface area (Å²) in [6.45, 7) is 3.60. The Balaban J connectivity index is 1.98. The van der Waals surface area contributed by atoms with Gasteiger partial charge in [0.15, 0.2) is 11.6 Å². The van der Waals surface area contributed by atoms with Gasteiger partial charge in [0.2, 0.25) is 0 Å². The van der Waals surface area contributed by atoms with Crippen LogP contribution in [-0.2, 0) is 12.5 Å². The normalized spacial score (nSPS) is 11.5. The molecule has 0 saturated carbocycles. The quantitative estimate of drug-likeness (QED) is 0.386. The summed E-state index contributed by atoms with van der Waals surface area (Å²) in [6, 6.07) is 12.4. The van der Waals surface area contributed by atoms with Gasteiger partial charge in [-0.25, -0.2) is 8.78 Å². The summed E-state index contributed by atoms with van der Waals surface area (Å²) in [6.07, 6.45) is 1.70. The van der Waals surface area contributed by atoms with E-state index in [4.69, 9.17) is 4.74 Å². The Morgan fingerprint density at radius 3 is 2.52 bits per heavy atom. The minimum atomic E-state index is -0.825. The van der Waals surface area contributed by atoms with Crippen molar-refractivity contribution in [2.24, 2.45) is 7.05 Å². The summed E-state index contributed by atoms with van der Waals surface area (Å²) in [5.41, 5.74) is 1.17. The van der Waals surface area contributed by atoms with Gasteiger partial charge in [0.1, 0.15) is 11.6 Å². The Hall–Kier alpha value is -3.50. The third-order valence-electron chi connectivity index (χ3n) is 5.17. The van der Waals surface area contributed by atoms with E-state index in [0.29, 0.717) is 16.7 Å². The molecular weight excluding hydrogens is 418 g/mol. The van der Waals surface area contributed by atoms with Crippen LogP contribution in [0.4, 0.5) is 8.78 Å². The van der Waals surface area contributed by atoms with E-state index in [1.807, 2.05) is 11.4 Å². The van der Waals surface area contributed by atoms with Crippen molar-refractivity contribution in [3.05, 3.63) is 81.6 Å². The van der Waals surface area contributed by atoms with Crippen molar-refractivity contribution >= 4 is 21.4 Å². The number of nitriles is 1. The van der Waals surface area contributed by atoms with E-state index in [9.17, 15) is 18.8 Å². The second-order valence-electron chi connectivity index (χ2n) is 7.75. The molecule has 31 heavy (non-hydrogen) atoms. The minimum Gasteiger partial charge on any atom is -0.454 e. The maximum absolute atomic E-state index is 14.3. The molecule has 0 fully saturated rings. The molecule has 0 aliphatic heterocycles. The van der Waals surface area contributed by atoms with Crippen molar-refractivity contribution in [2.45, 2.75) is 19.3 Å². The molecular formula is C24H18F2N2O2S. The van der Waals surface area contributed by atoms with E-state index >= 15 is 0 Å². The molecule has 4 aromatic rings. The summed E-state index contributed by atoms with van der Waals surface area (Å²) in [5.74, 6) is -1.32. The molecule has 2 heterocycles. The molecule has 0 spiro atoms. The number of ether oxygens (including phenoxy) is 1. The zero-order valence-electron chi connectivity index (χ0n) is 17.1. The van der Waals surface area contributed by atoms with E-state index in [0.717, 1.165) is 28.0 Å². The predicted molar refractivity (Wildman–Crippen MR) is 118 cm³/mol. The molecule has 0 bridgehead atoms. The Morgan fingerprint density at radius 2 is 1.81 bits per heavy atom. The predicted octanol–water partition coefficient (Wildman–Crippen LogP) is 6.14. The maximum atomic E-state index is 14.3. The third kappa shape index (κ3) is 3.71. The molecule has 0 N–H and O–H groups in total. The van der Waals surface area contributed by atoms with Crippen LogP contribution in [0.2, 0.25) is 0 Å². The number of benzene rings is 2. The Kier molecular flexibility index (Phi) is 5.11. The number of halogens is 2. The standard InChI is InChI=1S/C24H18F2N2O2S/c1-24(2,13-27)14-4-6-20(30-21-7-5-15(25)11-19(21)26)17(10-14)18-12-28(3)23(29)16-8-9-31-22(16)18/h4-12H,1-3H3. The number of aryl methyl sites for hydroxylation is 1. The molecule has 7 heteroatoms. The average molecular weight is 436 g/mol. The van der Waals surface area contributed by atoms with E-state index < -0.39 is 17.0 Å². The lowest BCUT2D eigenvalue weighted by molar-refractivity contribution is 0.438. The van der Waals surface area contributed by atoms with Crippen LogP contribution in [-0.4, -0.2) is 4.57 Å². The second kappa shape index (κ2) is 7.64. The van der Waals surface area contributed by atoms with Crippen LogP contribution in [0.3, 0.4) is 0 Å². The average Bonchev–Trinajstić information content (AvgIpc) is 3.23. The second-order valence-corrected chi connectivity index (χ2v) is 8.66. The summed E-state index contributed by atoms with van der Waals surface area (Å²) in [4.78, 5) is 12.5. The van der Waals surface area contributed by atoms with Gasteiger partial charge in [0.25, 0.3) is 5.56 Å². The van der Waals surface area contributed by atoms with Crippen molar-refractivity contribution in [3.63, 3.8) is 0 Å². The van der Waals surface area contributed by atoms with Crippen molar-refractivity contribution < 1.29 is 13.5 Å². The van der Waals surface area contributed by atoms with Gasteiger partial charge in [-0.2, -0.15) is 5.26 Å². The highest BCUT2D eigenvalue weighted by molar-refractivity contribution is 7.17. The van der Waals surface area contributed by atoms with Gasteiger partial charge in [-0.3, -0.25) is 4.79 Å². The van der Waals surface area contributed by atoms with E-state index in [-0.39, 0.29) is 11.3 Å². The van der Waals surface area contributed by atoms with Crippen molar-refractivity contribution in [1.82, 2.24) is 4.57 Å². The van der Waals surface area contributed by atoms with Crippen LogP contribution in [0.1, 0.15) is 19.4 Å². The number of pyridine rings is 1. The third-order valence-corrected chi connectivity index (χ3v) is 6.12. The van der Waals surface area contributed by atoms with Crippen LogP contribution in [0, 0.1) is 23.0 Å². The van der Waals surface area contributed by atoms with Crippen LogP contribution < -0.4 is 10.3 Å². The minimum absolute atomic E-state index is 0.123. The summed E-state index contributed by atoms with van der Waals surface area (Å²) in [5, 5.41) is 12.0. The first-order valence-electron chi connectivity index (χ1n) is 9.47. The zero-order valence-corrected chi connectivity index (χ0v) is 17.9.